The average molecular weight is 472 g/mol. The summed E-state index contributed by atoms with van der Waals surface area (Å²) in [5.74, 6) is 6.06. The molecule has 0 bridgehead atoms. The Morgan fingerprint density at radius 3 is 2.34 bits per heavy atom. The molecule has 0 amide bonds. The van der Waals surface area contributed by atoms with Gasteiger partial charge in [0.25, 0.3) is 5.56 Å². The van der Waals surface area contributed by atoms with Crippen LogP contribution < -0.4 is 16.0 Å². The third-order valence-electron chi connectivity index (χ3n) is 4.50. The minimum atomic E-state index is -3.41. The fourth-order valence-electron chi connectivity index (χ4n) is 2.91. The van der Waals surface area contributed by atoms with Gasteiger partial charge in [-0.15, -0.1) is 0 Å². The second kappa shape index (κ2) is 8.69. The van der Waals surface area contributed by atoms with E-state index in [1.165, 1.54) is 22.9 Å². The van der Waals surface area contributed by atoms with Crippen LogP contribution in [0.3, 0.4) is 0 Å². The molecule has 0 aliphatic carbocycles. The van der Waals surface area contributed by atoms with Crippen molar-refractivity contribution in [1.29, 1.82) is 0 Å². The van der Waals surface area contributed by atoms with Crippen molar-refractivity contribution in [3.63, 3.8) is 0 Å². The summed E-state index contributed by atoms with van der Waals surface area (Å²) in [5, 5.41) is 0.301. The minimum absolute atomic E-state index is 0.213. The Morgan fingerprint density at radius 2 is 1.75 bits per heavy atom. The SMILES string of the molecule is CC(C)(C)c1cc(C#Cc2ccc(NS(C)(=O)=O)cc2Cl)cc(-n2ccc(=O)[nH]c2=O)c1. The van der Waals surface area contributed by atoms with Crippen LogP contribution in [-0.2, 0) is 15.4 Å². The fraction of sp³-hybridized carbons (Fsp3) is 0.217. The molecule has 0 aliphatic heterocycles. The molecular weight excluding hydrogens is 450 g/mol. The third kappa shape index (κ3) is 5.90. The van der Waals surface area contributed by atoms with Gasteiger partial charge in [-0.2, -0.15) is 0 Å². The zero-order valence-corrected chi connectivity index (χ0v) is 19.6. The largest absolute Gasteiger partial charge is 0.332 e. The number of H-pyrrole nitrogens is 1. The van der Waals surface area contributed by atoms with Crippen molar-refractivity contribution in [3.8, 4) is 17.5 Å². The summed E-state index contributed by atoms with van der Waals surface area (Å²) in [4.78, 5) is 25.9. The molecule has 1 heterocycles. The molecule has 9 heteroatoms. The van der Waals surface area contributed by atoms with E-state index in [1.807, 2.05) is 32.9 Å². The van der Waals surface area contributed by atoms with Crippen LogP contribution in [0.4, 0.5) is 5.69 Å². The van der Waals surface area contributed by atoms with Crippen molar-refractivity contribution in [2.45, 2.75) is 26.2 Å². The lowest BCUT2D eigenvalue weighted by atomic mass is 9.86. The Morgan fingerprint density at radius 1 is 1.03 bits per heavy atom. The lowest BCUT2D eigenvalue weighted by molar-refractivity contribution is 0.589. The van der Waals surface area contributed by atoms with Gasteiger partial charge in [-0.05, 0) is 47.4 Å². The molecule has 0 atom stereocenters. The molecule has 3 rings (SSSR count). The van der Waals surface area contributed by atoms with Gasteiger partial charge >= 0.3 is 5.69 Å². The Hall–Kier alpha value is -3.28. The molecule has 2 N–H and O–H groups in total. The van der Waals surface area contributed by atoms with E-state index in [2.05, 4.69) is 21.5 Å². The number of anilines is 1. The highest BCUT2D eigenvalue weighted by atomic mass is 35.5. The first-order chi connectivity index (χ1) is 14.8. The van der Waals surface area contributed by atoms with Crippen LogP contribution in [0.1, 0.15) is 37.5 Å². The van der Waals surface area contributed by atoms with Gasteiger partial charge in [0.1, 0.15) is 0 Å². The number of aromatic nitrogens is 2. The molecule has 0 radical (unpaired) electrons. The monoisotopic (exact) mass is 471 g/mol. The number of benzene rings is 2. The zero-order chi connectivity index (χ0) is 23.7. The summed E-state index contributed by atoms with van der Waals surface area (Å²) in [5.41, 5.74) is 1.82. The third-order valence-corrected chi connectivity index (χ3v) is 5.42. The van der Waals surface area contributed by atoms with Crippen molar-refractivity contribution in [2.75, 3.05) is 11.0 Å². The highest BCUT2D eigenvalue weighted by Crippen LogP contribution is 2.26. The van der Waals surface area contributed by atoms with E-state index in [0.29, 0.717) is 27.5 Å². The molecule has 166 valence electrons. The molecule has 32 heavy (non-hydrogen) atoms. The lowest BCUT2D eigenvalue weighted by Crippen LogP contribution is -2.27. The molecule has 7 nitrogen and oxygen atoms in total. The van der Waals surface area contributed by atoms with E-state index in [1.54, 1.807) is 18.2 Å². The second-order valence-corrected chi connectivity index (χ2v) is 10.5. The zero-order valence-electron chi connectivity index (χ0n) is 18.0. The maximum atomic E-state index is 12.3. The van der Waals surface area contributed by atoms with E-state index in [4.69, 9.17) is 11.6 Å². The van der Waals surface area contributed by atoms with Crippen LogP contribution in [-0.4, -0.2) is 24.2 Å². The van der Waals surface area contributed by atoms with Crippen LogP contribution in [0.2, 0.25) is 5.02 Å². The first kappa shape index (κ1) is 23.4. The van der Waals surface area contributed by atoms with Crippen molar-refractivity contribution < 1.29 is 8.42 Å². The normalized spacial score (nSPS) is 11.5. The molecule has 0 unspecified atom stereocenters. The molecule has 0 fully saturated rings. The van der Waals surface area contributed by atoms with Crippen molar-refractivity contribution in [1.82, 2.24) is 9.55 Å². The van der Waals surface area contributed by atoms with Crippen LogP contribution in [0.25, 0.3) is 5.69 Å². The standard InChI is InChI=1S/C23H22ClN3O4S/c1-23(2,3)17-11-15(12-19(13-17)27-10-9-21(28)25-22(27)29)5-6-16-7-8-18(14-20(16)24)26-32(4,30)31/h7-14,26H,1-4H3,(H,25,28,29). The maximum Gasteiger partial charge on any atom is 0.332 e. The van der Waals surface area contributed by atoms with E-state index >= 15 is 0 Å². The summed E-state index contributed by atoms with van der Waals surface area (Å²) < 4.78 is 26.5. The summed E-state index contributed by atoms with van der Waals surface area (Å²) in [6.45, 7) is 6.13. The quantitative estimate of drug-likeness (QED) is 0.572. The van der Waals surface area contributed by atoms with Crippen molar-refractivity contribution in [3.05, 3.63) is 91.2 Å². The number of hydrogen-bond acceptors (Lipinski definition) is 4. The molecule has 2 aromatic carbocycles. The van der Waals surface area contributed by atoms with Gasteiger partial charge in [-0.3, -0.25) is 19.1 Å². The molecule has 0 saturated carbocycles. The lowest BCUT2D eigenvalue weighted by Gasteiger charge is -2.21. The van der Waals surface area contributed by atoms with E-state index < -0.39 is 21.3 Å². The topological polar surface area (TPSA) is 101 Å². The second-order valence-electron chi connectivity index (χ2n) is 8.32. The Balaban J connectivity index is 2.07. The Bertz CT molecular complexity index is 1470. The van der Waals surface area contributed by atoms with Crippen molar-refractivity contribution in [2.24, 2.45) is 0 Å². The first-order valence-electron chi connectivity index (χ1n) is 9.59. The van der Waals surface area contributed by atoms with Gasteiger partial charge in [-0.1, -0.05) is 44.2 Å². The summed E-state index contributed by atoms with van der Waals surface area (Å²) in [6, 6.07) is 11.5. The molecule has 0 spiro atoms. The van der Waals surface area contributed by atoms with E-state index in [-0.39, 0.29) is 5.41 Å². The van der Waals surface area contributed by atoms with Gasteiger partial charge in [0.05, 0.1) is 22.7 Å². The number of hydrogen-bond donors (Lipinski definition) is 2. The molecule has 0 saturated heterocycles. The van der Waals surface area contributed by atoms with E-state index in [0.717, 1.165) is 11.8 Å². The van der Waals surface area contributed by atoms with Crippen LogP contribution in [0, 0.1) is 11.8 Å². The smallest absolute Gasteiger partial charge is 0.284 e. The van der Waals surface area contributed by atoms with Gasteiger partial charge < -0.3 is 0 Å². The van der Waals surface area contributed by atoms with Gasteiger partial charge in [0.2, 0.25) is 10.0 Å². The molecule has 0 aliphatic rings. The van der Waals surface area contributed by atoms with Crippen LogP contribution >= 0.6 is 11.6 Å². The van der Waals surface area contributed by atoms with Gasteiger partial charge in [0, 0.05) is 23.4 Å². The first-order valence-corrected chi connectivity index (χ1v) is 11.9. The summed E-state index contributed by atoms with van der Waals surface area (Å²) >= 11 is 6.27. The predicted molar refractivity (Wildman–Crippen MR) is 127 cm³/mol. The summed E-state index contributed by atoms with van der Waals surface area (Å²) in [6.07, 6.45) is 2.48. The number of rotatable bonds is 3. The number of nitrogens with one attached hydrogen (secondary N) is 2. The fourth-order valence-corrected chi connectivity index (χ4v) is 3.69. The molecule has 3 aromatic rings. The highest BCUT2D eigenvalue weighted by molar-refractivity contribution is 7.92. The number of halogens is 1. The Kier molecular flexibility index (Phi) is 6.35. The number of nitrogens with zero attached hydrogens (tertiary/aromatic N) is 1. The van der Waals surface area contributed by atoms with Crippen LogP contribution in [0.5, 0.6) is 0 Å². The maximum absolute atomic E-state index is 12.3. The van der Waals surface area contributed by atoms with Crippen molar-refractivity contribution >= 4 is 27.3 Å². The van der Waals surface area contributed by atoms with Crippen LogP contribution in [0.15, 0.2) is 58.3 Å². The van der Waals surface area contributed by atoms with Gasteiger partial charge in [-0.25, -0.2) is 13.2 Å². The molecular formula is C23H22ClN3O4S. The van der Waals surface area contributed by atoms with E-state index in [9.17, 15) is 18.0 Å². The minimum Gasteiger partial charge on any atom is -0.284 e. The predicted octanol–water partition coefficient (Wildman–Crippen LogP) is 3.25. The van der Waals surface area contributed by atoms with Gasteiger partial charge in [0.15, 0.2) is 0 Å². The molecule has 1 aromatic heterocycles. The summed E-state index contributed by atoms with van der Waals surface area (Å²) in [7, 11) is -3.41. The highest BCUT2D eigenvalue weighted by Gasteiger charge is 2.16. The number of aromatic amines is 1. The number of sulfonamides is 1. The average Bonchev–Trinajstić information content (AvgIpc) is 2.65. The Labute approximate surface area is 191 Å².